The molecule has 2 aromatic heterocycles. The first kappa shape index (κ1) is 15.4. The highest BCUT2D eigenvalue weighted by Gasteiger charge is 2.33. The summed E-state index contributed by atoms with van der Waals surface area (Å²) in [6, 6.07) is 9.60. The maximum atomic E-state index is 12.8. The zero-order valence-corrected chi connectivity index (χ0v) is 14.1. The smallest absolute Gasteiger partial charge is 0.246 e. The lowest BCUT2D eigenvalue weighted by Gasteiger charge is -2.32. The molecule has 7 heteroatoms. The van der Waals surface area contributed by atoms with Crippen LogP contribution in [-0.4, -0.2) is 35.5 Å². The molecule has 0 spiro atoms. The van der Waals surface area contributed by atoms with E-state index in [4.69, 9.17) is 0 Å². The minimum atomic E-state index is -0.362. The summed E-state index contributed by atoms with van der Waals surface area (Å²) in [7, 11) is 0. The Labute approximate surface area is 145 Å². The third kappa shape index (κ3) is 2.77. The molecule has 0 saturated heterocycles. The molecule has 0 unspecified atom stereocenters. The summed E-state index contributed by atoms with van der Waals surface area (Å²) < 4.78 is 1.89. The van der Waals surface area contributed by atoms with Crippen molar-refractivity contribution in [3.05, 3.63) is 59.9 Å². The number of aryl methyl sites for hydroxylation is 1. The third-order valence-corrected chi connectivity index (χ3v) is 4.41. The molecule has 0 saturated carbocycles. The van der Waals surface area contributed by atoms with Gasteiger partial charge in [-0.25, -0.2) is 9.97 Å². The third-order valence-electron chi connectivity index (χ3n) is 4.41. The first-order chi connectivity index (χ1) is 12.1. The lowest BCUT2D eigenvalue weighted by Crippen LogP contribution is -2.41. The van der Waals surface area contributed by atoms with Gasteiger partial charge in [0.05, 0.1) is 12.1 Å². The van der Waals surface area contributed by atoms with Crippen molar-refractivity contribution in [2.75, 3.05) is 0 Å². The summed E-state index contributed by atoms with van der Waals surface area (Å²) in [5, 5.41) is 8.57. The number of amides is 1. The number of benzene rings is 1. The number of hydrogen-bond acceptors (Lipinski definition) is 5. The molecule has 0 N–H and O–H groups in total. The van der Waals surface area contributed by atoms with Gasteiger partial charge >= 0.3 is 0 Å². The molecule has 25 heavy (non-hydrogen) atoms. The Balaban J connectivity index is 1.66. The number of fused-ring (bicyclic) bond motifs is 1. The van der Waals surface area contributed by atoms with Crippen LogP contribution in [0.4, 0.5) is 0 Å². The Bertz CT molecular complexity index is 903. The van der Waals surface area contributed by atoms with Crippen molar-refractivity contribution in [1.82, 2.24) is 29.6 Å². The van der Waals surface area contributed by atoms with E-state index >= 15 is 0 Å². The lowest BCUT2D eigenvalue weighted by molar-refractivity contribution is -0.137. The van der Waals surface area contributed by atoms with Crippen LogP contribution in [0.3, 0.4) is 0 Å². The van der Waals surface area contributed by atoms with Gasteiger partial charge in [0.1, 0.15) is 11.9 Å². The van der Waals surface area contributed by atoms with Crippen molar-refractivity contribution in [3.63, 3.8) is 0 Å². The van der Waals surface area contributed by atoms with Gasteiger partial charge in [-0.2, -0.15) is 0 Å². The van der Waals surface area contributed by atoms with E-state index < -0.39 is 0 Å². The van der Waals surface area contributed by atoms with Gasteiger partial charge in [0.15, 0.2) is 11.6 Å². The molecule has 0 aliphatic carbocycles. The van der Waals surface area contributed by atoms with E-state index in [0.717, 1.165) is 17.0 Å². The van der Waals surface area contributed by atoms with E-state index in [9.17, 15) is 4.79 Å². The second kappa shape index (κ2) is 6.08. The van der Waals surface area contributed by atoms with E-state index in [1.165, 1.54) is 0 Å². The Morgan fingerprint density at radius 2 is 1.84 bits per heavy atom. The van der Waals surface area contributed by atoms with E-state index in [-0.39, 0.29) is 11.9 Å². The van der Waals surface area contributed by atoms with E-state index in [2.05, 4.69) is 20.2 Å². The van der Waals surface area contributed by atoms with E-state index in [0.29, 0.717) is 24.7 Å². The van der Waals surface area contributed by atoms with Crippen LogP contribution in [0, 0.1) is 6.92 Å². The van der Waals surface area contributed by atoms with Crippen LogP contribution in [-0.2, 0) is 17.9 Å². The molecule has 1 amide bonds. The van der Waals surface area contributed by atoms with Gasteiger partial charge in [-0.05, 0) is 19.4 Å². The summed E-state index contributed by atoms with van der Waals surface area (Å²) >= 11 is 0. The zero-order chi connectivity index (χ0) is 17.4. The lowest BCUT2D eigenvalue weighted by atomic mass is 10.1. The second-order valence-corrected chi connectivity index (χ2v) is 6.18. The molecule has 0 fully saturated rings. The van der Waals surface area contributed by atoms with Crippen LogP contribution in [0.15, 0.2) is 42.7 Å². The van der Waals surface area contributed by atoms with Crippen molar-refractivity contribution in [1.29, 1.82) is 0 Å². The highest BCUT2D eigenvalue weighted by atomic mass is 16.2. The van der Waals surface area contributed by atoms with Gasteiger partial charge in [-0.15, -0.1) is 10.2 Å². The fourth-order valence-electron chi connectivity index (χ4n) is 3.10. The molecular formula is C18H18N6O. The molecule has 1 aliphatic heterocycles. The fourth-order valence-corrected chi connectivity index (χ4v) is 3.10. The Hall–Kier alpha value is -3.09. The molecule has 4 rings (SSSR count). The molecule has 1 aliphatic rings. The number of hydrogen-bond donors (Lipinski definition) is 0. The van der Waals surface area contributed by atoms with Gasteiger partial charge in [0, 0.05) is 18.9 Å². The van der Waals surface area contributed by atoms with Gasteiger partial charge in [-0.1, -0.05) is 30.3 Å². The van der Waals surface area contributed by atoms with E-state index in [1.807, 2.05) is 53.6 Å². The van der Waals surface area contributed by atoms with Crippen LogP contribution in [0.25, 0.3) is 11.4 Å². The van der Waals surface area contributed by atoms with Crippen LogP contribution >= 0.6 is 0 Å². The Kier molecular flexibility index (Phi) is 3.76. The van der Waals surface area contributed by atoms with Crippen molar-refractivity contribution in [3.8, 4) is 11.4 Å². The maximum Gasteiger partial charge on any atom is 0.246 e. The molecule has 1 atom stereocenters. The summed E-state index contributed by atoms with van der Waals surface area (Å²) in [6.45, 7) is 4.72. The Morgan fingerprint density at radius 1 is 1.12 bits per heavy atom. The van der Waals surface area contributed by atoms with Crippen LogP contribution in [0.2, 0.25) is 0 Å². The largest absolute Gasteiger partial charge is 0.329 e. The zero-order valence-electron chi connectivity index (χ0n) is 14.1. The normalized spacial score (nSPS) is 16.8. The van der Waals surface area contributed by atoms with Crippen molar-refractivity contribution in [2.45, 2.75) is 33.0 Å². The number of rotatable bonds is 3. The summed E-state index contributed by atoms with van der Waals surface area (Å²) in [5.74, 6) is 2.17. The average Bonchev–Trinajstić information content (AvgIpc) is 3.05. The first-order valence-electron chi connectivity index (χ1n) is 8.19. The van der Waals surface area contributed by atoms with Gasteiger partial charge < -0.3 is 4.90 Å². The second-order valence-electron chi connectivity index (χ2n) is 6.18. The van der Waals surface area contributed by atoms with Crippen LogP contribution < -0.4 is 0 Å². The minimum Gasteiger partial charge on any atom is -0.329 e. The molecule has 3 heterocycles. The molecule has 7 nitrogen and oxygen atoms in total. The number of aromatic nitrogens is 5. The van der Waals surface area contributed by atoms with Gasteiger partial charge in [0.25, 0.3) is 0 Å². The molecular weight excluding hydrogens is 316 g/mol. The standard InChI is InChI=1S/C18H18N6O/c1-12-18(25)23(10-14-6-4-3-5-7-14)11-16-21-22-17(24(12)16)15-8-19-13(2)20-9-15/h3-9,12H,10-11H2,1-2H3/t12-/m1/s1. The highest BCUT2D eigenvalue weighted by Crippen LogP contribution is 2.28. The number of carbonyl (C=O) groups is 1. The molecule has 3 aromatic rings. The molecule has 126 valence electrons. The van der Waals surface area contributed by atoms with Crippen molar-refractivity contribution < 1.29 is 4.79 Å². The van der Waals surface area contributed by atoms with Crippen molar-refractivity contribution in [2.24, 2.45) is 0 Å². The highest BCUT2D eigenvalue weighted by molar-refractivity contribution is 5.82. The van der Waals surface area contributed by atoms with Gasteiger partial charge in [0.2, 0.25) is 5.91 Å². The average molecular weight is 334 g/mol. The quantitative estimate of drug-likeness (QED) is 0.733. The monoisotopic (exact) mass is 334 g/mol. The summed E-state index contributed by atoms with van der Waals surface area (Å²) in [4.78, 5) is 23.1. The number of nitrogens with zero attached hydrogens (tertiary/aromatic N) is 6. The topological polar surface area (TPSA) is 76.8 Å². The van der Waals surface area contributed by atoms with E-state index in [1.54, 1.807) is 12.4 Å². The predicted molar refractivity (Wildman–Crippen MR) is 91.2 cm³/mol. The van der Waals surface area contributed by atoms with Crippen LogP contribution in [0.5, 0.6) is 0 Å². The Morgan fingerprint density at radius 3 is 2.56 bits per heavy atom. The van der Waals surface area contributed by atoms with Crippen molar-refractivity contribution >= 4 is 5.91 Å². The summed E-state index contributed by atoms with van der Waals surface area (Å²) in [6.07, 6.45) is 3.43. The minimum absolute atomic E-state index is 0.0606. The molecule has 0 bridgehead atoms. The molecule has 0 radical (unpaired) electrons. The number of carbonyl (C=O) groups excluding carboxylic acids is 1. The van der Waals surface area contributed by atoms with Crippen LogP contribution in [0.1, 0.15) is 30.2 Å². The maximum absolute atomic E-state index is 12.8. The first-order valence-corrected chi connectivity index (χ1v) is 8.19. The summed E-state index contributed by atoms with van der Waals surface area (Å²) in [5.41, 5.74) is 1.86. The molecule has 1 aromatic carbocycles. The predicted octanol–water partition coefficient (Wildman–Crippen LogP) is 2.15. The SMILES string of the molecule is Cc1ncc(-c2nnc3n2[C@H](C)C(=O)N(Cc2ccccc2)C3)cn1. The fraction of sp³-hybridized carbons (Fsp3) is 0.278. The van der Waals surface area contributed by atoms with Gasteiger partial charge in [-0.3, -0.25) is 9.36 Å².